The summed E-state index contributed by atoms with van der Waals surface area (Å²) in [6.45, 7) is 9.37. The van der Waals surface area contributed by atoms with Crippen LogP contribution >= 0.6 is 0 Å². The molecule has 0 aliphatic heterocycles. The quantitative estimate of drug-likeness (QED) is 0.647. The summed E-state index contributed by atoms with van der Waals surface area (Å²) >= 11 is 0. The fourth-order valence-electron chi connectivity index (χ4n) is 0.963. The zero-order valence-electron chi connectivity index (χ0n) is 8.20. The molecule has 3 heteroatoms. The zero-order chi connectivity index (χ0) is 9.84. The Morgan fingerprint density at radius 3 is 2.38 bits per heavy atom. The molecule has 1 aromatic rings. The monoisotopic (exact) mass is 175 g/mol. The minimum atomic E-state index is 0.639. The molecule has 0 radical (unpaired) electrons. The van der Waals surface area contributed by atoms with Crippen molar-refractivity contribution in [1.82, 2.24) is 9.97 Å². The molecule has 1 rings (SSSR count). The van der Waals surface area contributed by atoms with E-state index in [1.165, 1.54) is 0 Å². The van der Waals surface area contributed by atoms with E-state index in [1.54, 1.807) is 12.3 Å². The molecule has 0 aliphatic carbocycles. The van der Waals surface area contributed by atoms with Gasteiger partial charge < -0.3 is 0 Å². The van der Waals surface area contributed by atoms with Crippen LogP contribution in [0.3, 0.4) is 0 Å². The van der Waals surface area contributed by atoms with E-state index in [1.807, 2.05) is 20.8 Å². The van der Waals surface area contributed by atoms with Gasteiger partial charge in [-0.05, 0) is 26.8 Å². The van der Waals surface area contributed by atoms with E-state index in [0.29, 0.717) is 5.82 Å². The molecule has 68 valence electrons. The van der Waals surface area contributed by atoms with Crippen LogP contribution < -0.4 is 0 Å². The van der Waals surface area contributed by atoms with Crippen LogP contribution in [0.25, 0.3) is 6.08 Å². The standard InChI is InChI=1S/C10H13N3/c1-5-9-10(11-6-2)13-8(4)7(3)12-9/h5-6H,1H2,2-4H3. The molecule has 0 saturated carbocycles. The van der Waals surface area contributed by atoms with Crippen molar-refractivity contribution in [1.29, 1.82) is 0 Å². The van der Waals surface area contributed by atoms with Crippen LogP contribution in [0.2, 0.25) is 0 Å². The van der Waals surface area contributed by atoms with Gasteiger partial charge in [0.15, 0.2) is 5.82 Å². The first kappa shape index (κ1) is 9.58. The largest absolute Gasteiger partial charge is 0.248 e. The second kappa shape index (κ2) is 3.94. The van der Waals surface area contributed by atoms with Crippen molar-refractivity contribution in [2.45, 2.75) is 20.8 Å². The minimum Gasteiger partial charge on any atom is -0.248 e. The van der Waals surface area contributed by atoms with Gasteiger partial charge in [-0.15, -0.1) is 0 Å². The molecule has 0 bridgehead atoms. The highest BCUT2D eigenvalue weighted by Crippen LogP contribution is 2.16. The van der Waals surface area contributed by atoms with Crippen LogP contribution in [-0.2, 0) is 0 Å². The molecule has 1 heterocycles. The van der Waals surface area contributed by atoms with Crippen molar-refractivity contribution in [3.63, 3.8) is 0 Å². The molecule has 0 N–H and O–H groups in total. The molecule has 13 heavy (non-hydrogen) atoms. The maximum Gasteiger partial charge on any atom is 0.178 e. The van der Waals surface area contributed by atoms with Gasteiger partial charge >= 0.3 is 0 Å². The SMILES string of the molecule is C=Cc1nc(C)c(C)nc1N=CC. The van der Waals surface area contributed by atoms with Gasteiger partial charge in [-0.3, -0.25) is 0 Å². The molecule has 0 unspecified atom stereocenters. The fourth-order valence-corrected chi connectivity index (χ4v) is 0.963. The lowest BCUT2D eigenvalue weighted by Gasteiger charge is -2.03. The van der Waals surface area contributed by atoms with Crippen LogP contribution in [0.5, 0.6) is 0 Å². The number of hydrogen-bond acceptors (Lipinski definition) is 3. The van der Waals surface area contributed by atoms with Crippen molar-refractivity contribution in [3.05, 3.63) is 23.7 Å². The average molecular weight is 175 g/mol. The predicted octanol–water partition coefficient (Wildman–Crippen LogP) is 2.46. The Morgan fingerprint density at radius 1 is 1.23 bits per heavy atom. The molecule has 0 aromatic carbocycles. The summed E-state index contributed by atoms with van der Waals surface area (Å²) in [6.07, 6.45) is 3.37. The van der Waals surface area contributed by atoms with Gasteiger partial charge in [0.1, 0.15) is 5.69 Å². The van der Waals surface area contributed by atoms with Gasteiger partial charge in [-0.25, -0.2) is 15.0 Å². The first-order valence-corrected chi connectivity index (χ1v) is 4.15. The maximum atomic E-state index is 4.32. The average Bonchev–Trinajstić information content (AvgIpc) is 2.11. The molecule has 0 aliphatic rings. The summed E-state index contributed by atoms with van der Waals surface area (Å²) < 4.78 is 0. The van der Waals surface area contributed by atoms with Gasteiger partial charge in [0.25, 0.3) is 0 Å². The Morgan fingerprint density at radius 2 is 1.85 bits per heavy atom. The summed E-state index contributed by atoms with van der Waals surface area (Å²) in [5, 5.41) is 0. The van der Waals surface area contributed by atoms with E-state index in [4.69, 9.17) is 0 Å². The summed E-state index contributed by atoms with van der Waals surface area (Å²) in [5.41, 5.74) is 2.57. The van der Waals surface area contributed by atoms with Crippen molar-refractivity contribution in [2.24, 2.45) is 4.99 Å². The smallest absolute Gasteiger partial charge is 0.178 e. The Balaban J connectivity index is 3.32. The maximum absolute atomic E-state index is 4.32. The van der Waals surface area contributed by atoms with Crippen LogP contribution in [0.15, 0.2) is 11.6 Å². The van der Waals surface area contributed by atoms with Crippen molar-refractivity contribution in [2.75, 3.05) is 0 Å². The van der Waals surface area contributed by atoms with Gasteiger partial charge in [-0.1, -0.05) is 6.58 Å². The lowest BCUT2D eigenvalue weighted by molar-refractivity contribution is 1.03. The molecule has 3 nitrogen and oxygen atoms in total. The third-order valence-corrected chi connectivity index (χ3v) is 1.76. The van der Waals surface area contributed by atoms with Crippen LogP contribution in [0.4, 0.5) is 5.82 Å². The number of aryl methyl sites for hydroxylation is 2. The second-order valence-corrected chi connectivity index (χ2v) is 2.69. The van der Waals surface area contributed by atoms with E-state index in [2.05, 4.69) is 21.5 Å². The molecule has 0 amide bonds. The van der Waals surface area contributed by atoms with Crippen molar-refractivity contribution < 1.29 is 0 Å². The van der Waals surface area contributed by atoms with Gasteiger partial charge in [0.2, 0.25) is 0 Å². The third-order valence-electron chi connectivity index (χ3n) is 1.76. The first-order chi connectivity index (χ1) is 6.19. The van der Waals surface area contributed by atoms with E-state index in [-0.39, 0.29) is 0 Å². The highest BCUT2D eigenvalue weighted by molar-refractivity contribution is 5.64. The second-order valence-electron chi connectivity index (χ2n) is 2.69. The van der Waals surface area contributed by atoms with Gasteiger partial charge in [0.05, 0.1) is 11.4 Å². The van der Waals surface area contributed by atoms with E-state index >= 15 is 0 Å². The lowest BCUT2D eigenvalue weighted by Crippen LogP contribution is -1.95. The first-order valence-electron chi connectivity index (χ1n) is 4.15. The number of nitrogens with zero attached hydrogens (tertiary/aromatic N) is 3. The molecular formula is C10H13N3. The zero-order valence-corrected chi connectivity index (χ0v) is 8.20. The van der Waals surface area contributed by atoms with E-state index < -0.39 is 0 Å². The summed E-state index contributed by atoms with van der Waals surface area (Å²) in [4.78, 5) is 12.7. The number of aliphatic imine (C=N–C) groups is 1. The summed E-state index contributed by atoms with van der Waals surface area (Å²) in [6, 6.07) is 0. The summed E-state index contributed by atoms with van der Waals surface area (Å²) in [7, 11) is 0. The fraction of sp³-hybridized carbons (Fsp3) is 0.300. The van der Waals surface area contributed by atoms with Crippen molar-refractivity contribution >= 4 is 18.1 Å². The third kappa shape index (κ3) is 1.99. The van der Waals surface area contributed by atoms with Gasteiger partial charge in [0, 0.05) is 6.21 Å². The Kier molecular flexibility index (Phi) is 2.90. The summed E-state index contributed by atoms with van der Waals surface area (Å²) in [5.74, 6) is 0.639. The lowest BCUT2D eigenvalue weighted by atomic mass is 10.3. The van der Waals surface area contributed by atoms with E-state index in [9.17, 15) is 0 Å². The van der Waals surface area contributed by atoms with Gasteiger partial charge in [-0.2, -0.15) is 0 Å². The highest BCUT2D eigenvalue weighted by Gasteiger charge is 2.03. The molecule has 0 fully saturated rings. The predicted molar refractivity (Wildman–Crippen MR) is 55.4 cm³/mol. The molecule has 0 atom stereocenters. The van der Waals surface area contributed by atoms with Crippen molar-refractivity contribution in [3.8, 4) is 0 Å². The Hall–Kier alpha value is -1.51. The molecule has 0 spiro atoms. The Labute approximate surface area is 78.3 Å². The number of aromatic nitrogens is 2. The topological polar surface area (TPSA) is 38.1 Å². The van der Waals surface area contributed by atoms with Crippen LogP contribution in [0, 0.1) is 13.8 Å². The van der Waals surface area contributed by atoms with Crippen LogP contribution in [-0.4, -0.2) is 16.2 Å². The number of hydrogen-bond donors (Lipinski definition) is 0. The molecule has 0 saturated heterocycles. The minimum absolute atomic E-state index is 0.639. The number of rotatable bonds is 2. The highest BCUT2D eigenvalue weighted by atomic mass is 15.0. The normalized spacial score (nSPS) is 10.7. The Bertz CT molecular complexity index is 353. The molecular weight excluding hydrogens is 162 g/mol. The molecule has 1 aromatic heterocycles. The van der Waals surface area contributed by atoms with E-state index in [0.717, 1.165) is 17.1 Å². The van der Waals surface area contributed by atoms with Crippen LogP contribution in [0.1, 0.15) is 24.0 Å².